The molecular weight excluding hydrogens is 327 g/mol. The van der Waals surface area contributed by atoms with E-state index in [0.29, 0.717) is 45.1 Å². The summed E-state index contributed by atoms with van der Waals surface area (Å²) < 4.78 is 18.1. The van der Waals surface area contributed by atoms with Crippen LogP contribution >= 0.6 is 0 Å². The number of urea groups is 1. The molecule has 0 bridgehead atoms. The molecule has 3 amide bonds. The first kappa shape index (κ1) is 17.6. The zero-order chi connectivity index (χ0) is 17.6. The van der Waals surface area contributed by atoms with E-state index in [1.807, 2.05) is 4.90 Å². The lowest BCUT2D eigenvalue weighted by Crippen LogP contribution is -2.46. The molecule has 1 aromatic carbocycles. The number of benzene rings is 1. The van der Waals surface area contributed by atoms with Crippen LogP contribution in [0.25, 0.3) is 0 Å². The zero-order valence-corrected chi connectivity index (χ0v) is 14.0. The van der Waals surface area contributed by atoms with Crippen LogP contribution in [0.5, 0.6) is 0 Å². The molecule has 136 valence electrons. The third-order valence-electron chi connectivity index (χ3n) is 4.43. The molecule has 2 aliphatic heterocycles. The van der Waals surface area contributed by atoms with Crippen LogP contribution in [0.4, 0.5) is 14.9 Å². The molecule has 0 spiro atoms. The van der Waals surface area contributed by atoms with Gasteiger partial charge in [0.05, 0.1) is 19.8 Å². The number of nitrogens with one attached hydrogen (secondary N) is 2. The minimum absolute atomic E-state index is 0.00191. The molecule has 1 atom stereocenters. The van der Waals surface area contributed by atoms with E-state index in [2.05, 4.69) is 15.5 Å². The summed E-state index contributed by atoms with van der Waals surface area (Å²) in [6, 6.07) is 5.29. The van der Waals surface area contributed by atoms with Gasteiger partial charge in [-0.1, -0.05) is 0 Å². The number of morpholine rings is 1. The topological polar surface area (TPSA) is 73.9 Å². The number of carbonyl (C=O) groups is 2. The van der Waals surface area contributed by atoms with E-state index < -0.39 is 0 Å². The van der Waals surface area contributed by atoms with Gasteiger partial charge in [0.25, 0.3) is 0 Å². The maximum absolute atomic E-state index is 12.9. The monoisotopic (exact) mass is 350 g/mol. The summed E-state index contributed by atoms with van der Waals surface area (Å²) in [5.74, 6) is -0.234. The molecule has 2 heterocycles. The Labute approximate surface area is 146 Å². The summed E-state index contributed by atoms with van der Waals surface area (Å²) in [6.45, 7) is 4.28. The van der Waals surface area contributed by atoms with Crippen molar-refractivity contribution in [3.63, 3.8) is 0 Å². The molecule has 1 aromatic rings. The third-order valence-corrected chi connectivity index (χ3v) is 4.43. The molecule has 0 aromatic heterocycles. The van der Waals surface area contributed by atoms with Crippen LogP contribution in [0.2, 0.25) is 0 Å². The van der Waals surface area contributed by atoms with E-state index in [9.17, 15) is 14.0 Å². The minimum atomic E-state index is -0.345. The first-order valence-corrected chi connectivity index (χ1v) is 8.51. The van der Waals surface area contributed by atoms with E-state index in [1.54, 1.807) is 0 Å². The summed E-state index contributed by atoms with van der Waals surface area (Å²) >= 11 is 0. The van der Waals surface area contributed by atoms with Gasteiger partial charge in [-0.3, -0.25) is 9.69 Å². The van der Waals surface area contributed by atoms with Crippen molar-refractivity contribution < 1.29 is 18.7 Å². The molecule has 25 heavy (non-hydrogen) atoms. The lowest BCUT2D eigenvalue weighted by atomic mass is 10.3. The highest BCUT2D eigenvalue weighted by atomic mass is 19.1. The zero-order valence-electron chi connectivity index (χ0n) is 14.0. The number of anilines is 1. The SMILES string of the molecule is O=C(Nc1ccc(F)cc1)NC1CCN(CC(=O)N2CCOCC2)C1. The number of rotatable bonds is 4. The molecule has 0 aliphatic carbocycles. The van der Waals surface area contributed by atoms with Gasteiger partial charge in [0.2, 0.25) is 5.91 Å². The Morgan fingerprint density at radius 3 is 2.60 bits per heavy atom. The van der Waals surface area contributed by atoms with Gasteiger partial charge in [-0.25, -0.2) is 9.18 Å². The van der Waals surface area contributed by atoms with Gasteiger partial charge in [-0.05, 0) is 30.7 Å². The Kier molecular flexibility index (Phi) is 5.83. The Morgan fingerprint density at radius 1 is 1.16 bits per heavy atom. The number of hydrogen-bond donors (Lipinski definition) is 2. The fourth-order valence-corrected chi connectivity index (χ4v) is 3.08. The summed E-state index contributed by atoms with van der Waals surface area (Å²) in [5.41, 5.74) is 0.538. The van der Waals surface area contributed by atoms with E-state index in [0.717, 1.165) is 13.0 Å². The van der Waals surface area contributed by atoms with E-state index in [4.69, 9.17) is 4.74 Å². The molecule has 0 saturated carbocycles. The lowest BCUT2D eigenvalue weighted by molar-refractivity contribution is -0.136. The van der Waals surface area contributed by atoms with Gasteiger partial charge >= 0.3 is 6.03 Å². The molecule has 1 unspecified atom stereocenters. The van der Waals surface area contributed by atoms with Gasteiger partial charge in [0.15, 0.2) is 0 Å². The fourth-order valence-electron chi connectivity index (χ4n) is 3.08. The molecule has 2 fully saturated rings. The van der Waals surface area contributed by atoms with Crippen molar-refractivity contribution in [2.24, 2.45) is 0 Å². The van der Waals surface area contributed by atoms with E-state index in [1.165, 1.54) is 24.3 Å². The van der Waals surface area contributed by atoms with Gasteiger partial charge < -0.3 is 20.3 Å². The second kappa shape index (κ2) is 8.26. The minimum Gasteiger partial charge on any atom is -0.378 e. The highest BCUT2D eigenvalue weighted by Gasteiger charge is 2.27. The molecule has 2 aliphatic rings. The first-order valence-electron chi connectivity index (χ1n) is 8.51. The van der Waals surface area contributed by atoms with Crippen LogP contribution in [0.15, 0.2) is 24.3 Å². The Bertz CT molecular complexity index is 604. The number of likely N-dealkylation sites (tertiary alicyclic amines) is 1. The van der Waals surface area contributed by atoms with Gasteiger partial charge in [-0.15, -0.1) is 0 Å². The largest absolute Gasteiger partial charge is 0.378 e. The van der Waals surface area contributed by atoms with Crippen LogP contribution in [-0.4, -0.2) is 73.7 Å². The van der Waals surface area contributed by atoms with Crippen LogP contribution in [0.3, 0.4) is 0 Å². The molecule has 2 saturated heterocycles. The van der Waals surface area contributed by atoms with Gasteiger partial charge in [0, 0.05) is 37.9 Å². The van der Waals surface area contributed by atoms with Crippen molar-refractivity contribution in [3.05, 3.63) is 30.1 Å². The summed E-state index contributed by atoms with van der Waals surface area (Å²) in [7, 11) is 0. The van der Waals surface area contributed by atoms with Crippen molar-refractivity contribution in [1.82, 2.24) is 15.1 Å². The smallest absolute Gasteiger partial charge is 0.319 e. The average Bonchev–Trinajstić information content (AvgIpc) is 3.04. The van der Waals surface area contributed by atoms with Crippen LogP contribution < -0.4 is 10.6 Å². The first-order chi connectivity index (χ1) is 12.1. The third kappa shape index (κ3) is 5.14. The van der Waals surface area contributed by atoms with E-state index >= 15 is 0 Å². The number of carbonyl (C=O) groups excluding carboxylic acids is 2. The maximum Gasteiger partial charge on any atom is 0.319 e. The number of ether oxygens (including phenoxy) is 1. The number of halogens is 1. The lowest BCUT2D eigenvalue weighted by Gasteiger charge is -2.28. The molecule has 8 heteroatoms. The molecular formula is C17H23FN4O3. The maximum atomic E-state index is 12.9. The normalized spacial score (nSPS) is 21.2. The Balaban J connectivity index is 1.40. The highest BCUT2D eigenvalue weighted by molar-refractivity contribution is 5.89. The predicted molar refractivity (Wildman–Crippen MR) is 90.8 cm³/mol. The fraction of sp³-hybridized carbons (Fsp3) is 0.529. The second-order valence-corrected chi connectivity index (χ2v) is 6.32. The number of amides is 3. The standard InChI is InChI=1S/C17H23FN4O3/c18-13-1-3-14(4-2-13)19-17(24)20-15-5-6-21(11-15)12-16(23)22-7-9-25-10-8-22/h1-4,15H,5-12H2,(H2,19,20,24). The average molecular weight is 350 g/mol. The quantitative estimate of drug-likeness (QED) is 0.846. The van der Waals surface area contributed by atoms with Crippen molar-refractivity contribution in [2.75, 3.05) is 51.3 Å². The number of hydrogen-bond acceptors (Lipinski definition) is 4. The number of nitrogens with zero attached hydrogens (tertiary/aromatic N) is 2. The van der Waals surface area contributed by atoms with Crippen molar-refractivity contribution in [3.8, 4) is 0 Å². The predicted octanol–water partition coefficient (Wildman–Crippen LogP) is 0.880. The summed E-state index contributed by atoms with van der Waals surface area (Å²) in [4.78, 5) is 28.1. The Morgan fingerprint density at radius 2 is 1.88 bits per heavy atom. The van der Waals surface area contributed by atoms with Gasteiger partial charge in [0.1, 0.15) is 5.82 Å². The van der Waals surface area contributed by atoms with Crippen LogP contribution in [0, 0.1) is 5.82 Å². The van der Waals surface area contributed by atoms with E-state index in [-0.39, 0.29) is 23.8 Å². The Hall–Kier alpha value is -2.19. The molecule has 0 radical (unpaired) electrons. The summed E-state index contributed by atoms with van der Waals surface area (Å²) in [5, 5.41) is 5.57. The molecule has 2 N–H and O–H groups in total. The highest BCUT2D eigenvalue weighted by Crippen LogP contribution is 2.12. The van der Waals surface area contributed by atoms with Crippen LogP contribution in [-0.2, 0) is 9.53 Å². The molecule has 3 rings (SSSR count). The second-order valence-electron chi connectivity index (χ2n) is 6.32. The van der Waals surface area contributed by atoms with Crippen molar-refractivity contribution >= 4 is 17.6 Å². The van der Waals surface area contributed by atoms with Crippen molar-refractivity contribution in [1.29, 1.82) is 0 Å². The van der Waals surface area contributed by atoms with Gasteiger partial charge in [-0.2, -0.15) is 0 Å². The molecule has 7 nitrogen and oxygen atoms in total. The summed E-state index contributed by atoms with van der Waals surface area (Å²) in [6.07, 6.45) is 0.799. The van der Waals surface area contributed by atoms with Crippen LogP contribution in [0.1, 0.15) is 6.42 Å². The van der Waals surface area contributed by atoms with Crippen molar-refractivity contribution in [2.45, 2.75) is 12.5 Å².